The second kappa shape index (κ2) is 8.37. The fraction of sp³-hybridized carbons (Fsp3) is 0.167. The van der Waals surface area contributed by atoms with E-state index in [4.69, 9.17) is 4.74 Å². The van der Waals surface area contributed by atoms with E-state index < -0.39 is 0 Å². The van der Waals surface area contributed by atoms with Crippen molar-refractivity contribution < 1.29 is 13.9 Å². The van der Waals surface area contributed by atoms with Gasteiger partial charge in [0.1, 0.15) is 11.6 Å². The van der Waals surface area contributed by atoms with E-state index in [0.29, 0.717) is 12.1 Å². The van der Waals surface area contributed by atoms with Crippen molar-refractivity contribution in [3.8, 4) is 5.75 Å². The molecule has 0 bridgehead atoms. The minimum atomic E-state index is -0.269. The van der Waals surface area contributed by atoms with Gasteiger partial charge < -0.3 is 15.0 Å². The smallest absolute Gasteiger partial charge is 0.228 e. The van der Waals surface area contributed by atoms with Crippen molar-refractivity contribution in [1.82, 2.24) is 9.97 Å². The topological polar surface area (TPSA) is 67.0 Å². The number of H-pyrrole nitrogens is 1. The molecule has 0 atom stereocenters. The van der Waals surface area contributed by atoms with Crippen LogP contribution in [0.15, 0.2) is 60.9 Å². The second-order valence-electron chi connectivity index (χ2n) is 7.16. The number of ether oxygens (including phenoxy) is 1. The standard InChI is InChI=1S/C24H22FN3O2/c1-15-19(14-23(29)28-18-9-11-26-12-10-18)24-20(13-16-3-5-17(25)6-4-16)22(30-2)8-7-21(24)27-15/h3-12,27H,13-14H2,1-2H3,(H,26,28,29). The van der Waals surface area contributed by atoms with Gasteiger partial charge in [0.15, 0.2) is 0 Å². The predicted octanol–water partition coefficient (Wildman–Crippen LogP) is 4.79. The number of aromatic amines is 1. The van der Waals surface area contributed by atoms with E-state index in [1.54, 1.807) is 43.8 Å². The van der Waals surface area contributed by atoms with E-state index in [-0.39, 0.29) is 18.1 Å². The number of nitrogens with zero attached hydrogens (tertiary/aromatic N) is 1. The average Bonchev–Trinajstić information content (AvgIpc) is 3.06. The molecule has 4 rings (SSSR count). The number of carbonyl (C=O) groups is 1. The Morgan fingerprint density at radius 3 is 2.50 bits per heavy atom. The zero-order valence-corrected chi connectivity index (χ0v) is 16.8. The van der Waals surface area contributed by atoms with Gasteiger partial charge in [0, 0.05) is 46.7 Å². The lowest BCUT2D eigenvalue weighted by atomic mass is 9.96. The van der Waals surface area contributed by atoms with Crippen molar-refractivity contribution in [2.24, 2.45) is 0 Å². The van der Waals surface area contributed by atoms with Crippen LogP contribution >= 0.6 is 0 Å². The molecule has 0 aliphatic rings. The molecule has 0 spiro atoms. The zero-order chi connectivity index (χ0) is 21.1. The van der Waals surface area contributed by atoms with Gasteiger partial charge in [-0.2, -0.15) is 0 Å². The Kier molecular flexibility index (Phi) is 5.48. The van der Waals surface area contributed by atoms with Crippen LogP contribution in [0.1, 0.15) is 22.4 Å². The van der Waals surface area contributed by atoms with E-state index in [1.165, 1.54) is 12.1 Å². The van der Waals surface area contributed by atoms with Crippen LogP contribution in [0.5, 0.6) is 5.75 Å². The number of aromatic nitrogens is 2. The molecule has 1 amide bonds. The number of carbonyl (C=O) groups excluding carboxylic acids is 1. The van der Waals surface area contributed by atoms with Crippen LogP contribution in [-0.2, 0) is 17.6 Å². The number of rotatable bonds is 6. The van der Waals surface area contributed by atoms with Crippen molar-refractivity contribution in [3.05, 3.63) is 89.1 Å². The third-order valence-electron chi connectivity index (χ3n) is 5.16. The largest absolute Gasteiger partial charge is 0.496 e. The van der Waals surface area contributed by atoms with Crippen LogP contribution in [0.25, 0.3) is 10.9 Å². The first-order chi connectivity index (χ1) is 14.5. The summed E-state index contributed by atoms with van der Waals surface area (Å²) >= 11 is 0. The summed E-state index contributed by atoms with van der Waals surface area (Å²) in [6.07, 6.45) is 4.06. The summed E-state index contributed by atoms with van der Waals surface area (Å²) in [6.45, 7) is 1.96. The molecule has 0 saturated heterocycles. The third-order valence-corrected chi connectivity index (χ3v) is 5.16. The van der Waals surface area contributed by atoms with E-state index in [9.17, 15) is 9.18 Å². The van der Waals surface area contributed by atoms with Gasteiger partial charge >= 0.3 is 0 Å². The second-order valence-corrected chi connectivity index (χ2v) is 7.16. The van der Waals surface area contributed by atoms with Gasteiger partial charge in [0.05, 0.1) is 13.5 Å². The highest BCUT2D eigenvalue weighted by atomic mass is 19.1. The van der Waals surface area contributed by atoms with Gasteiger partial charge in [-0.1, -0.05) is 12.1 Å². The van der Waals surface area contributed by atoms with Crippen LogP contribution < -0.4 is 10.1 Å². The van der Waals surface area contributed by atoms with Crippen molar-refractivity contribution in [1.29, 1.82) is 0 Å². The molecule has 2 aromatic heterocycles. The Labute approximate surface area is 173 Å². The number of hydrogen-bond acceptors (Lipinski definition) is 3. The maximum atomic E-state index is 13.3. The molecule has 152 valence electrons. The van der Waals surface area contributed by atoms with E-state index in [1.807, 2.05) is 19.1 Å². The highest BCUT2D eigenvalue weighted by Crippen LogP contribution is 2.34. The van der Waals surface area contributed by atoms with Crippen molar-refractivity contribution >= 4 is 22.5 Å². The predicted molar refractivity (Wildman–Crippen MR) is 115 cm³/mol. The Hall–Kier alpha value is -3.67. The summed E-state index contributed by atoms with van der Waals surface area (Å²) in [5, 5.41) is 3.88. The van der Waals surface area contributed by atoms with E-state index in [2.05, 4.69) is 15.3 Å². The van der Waals surface area contributed by atoms with Gasteiger partial charge in [-0.15, -0.1) is 0 Å². The molecule has 5 nitrogen and oxygen atoms in total. The molecule has 0 aliphatic heterocycles. The minimum absolute atomic E-state index is 0.110. The Morgan fingerprint density at radius 2 is 1.80 bits per heavy atom. The molecule has 30 heavy (non-hydrogen) atoms. The fourth-order valence-corrected chi connectivity index (χ4v) is 3.74. The Balaban J connectivity index is 1.73. The molecule has 2 N–H and O–H groups in total. The first-order valence-electron chi connectivity index (χ1n) is 9.66. The zero-order valence-electron chi connectivity index (χ0n) is 16.8. The Morgan fingerprint density at radius 1 is 1.07 bits per heavy atom. The molecule has 0 saturated carbocycles. The maximum absolute atomic E-state index is 13.3. The van der Waals surface area contributed by atoms with Gasteiger partial charge in [-0.05, 0) is 54.4 Å². The molecule has 2 heterocycles. The Bertz CT molecular complexity index is 1180. The monoisotopic (exact) mass is 403 g/mol. The molecule has 4 aromatic rings. The molecule has 0 aliphatic carbocycles. The first-order valence-corrected chi connectivity index (χ1v) is 9.66. The summed E-state index contributed by atoms with van der Waals surface area (Å²) < 4.78 is 19.0. The quantitative estimate of drug-likeness (QED) is 0.486. The highest BCUT2D eigenvalue weighted by molar-refractivity contribution is 5.98. The number of methoxy groups -OCH3 is 1. The first kappa shape index (κ1) is 19.6. The van der Waals surface area contributed by atoms with Crippen LogP contribution in [0.3, 0.4) is 0 Å². The number of halogens is 1. The normalized spacial score (nSPS) is 10.9. The summed E-state index contributed by atoms with van der Waals surface area (Å²) in [4.78, 5) is 20.1. The minimum Gasteiger partial charge on any atom is -0.496 e. The van der Waals surface area contributed by atoms with Gasteiger partial charge in [-0.25, -0.2) is 4.39 Å². The van der Waals surface area contributed by atoms with Crippen molar-refractivity contribution in [2.45, 2.75) is 19.8 Å². The maximum Gasteiger partial charge on any atom is 0.228 e. The number of benzene rings is 2. The summed E-state index contributed by atoms with van der Waals surface area (Å²) in [6, 6.07) is 13.8. The molecular formula is C24H22FN3O2. The molecule has 6 heteroatoms. The number of fused-ring (bicyclic) bond motifs is 1. The van der Waals surface area contributed by atoms with Crippen LogP contribution in [0, 0.1) is 12.7 Å². The molecule has 2 aromatic carbocycles. The molecule has 0 unspecified atom stereocenters. The fourth-order valence-electron chi connectivity index (χ4n) is 3.74. The number of amides is 1. The van der Waals surface area contributed by atoms with Gasteiger partial charge in [0.2, 0.25) is 5.91 Å². The summed E-state index contributed by atoms with van der Waals surface area (Å²) in [5.74, 6) is 0.359. The van der Waals surface area contributed by atoms with Crippen molar-refractivity contribution in [3.63, 3.8) is 0 Å². The lowest BCUT2D eigenvalue weighted by Gasteiger charge is -2.13. The number of nitrogens with one attached hydrogen (secondary N) is 2. The van der Waals surface area contributed by atoms with Crippen LogP contribution in [-0.4, -0.2) is 23.0 Å². The molecular weight excluding hydrogens is 381 g/mol. The van der Waals surface area contributed by atoms with Crippen molar-refractivity contribution in [2.75, 3.05) is 12.4 Å². The van der Waals surface area contributed by atoms with E-state index >= 15 is 0 Å². The highest BCUT2D eigenvalue weighted by Gasteiger charge is 2.19. The van der Waals surface area contributed by atoms with Crippen LogP contribution in [0.2, 0.25) is 0 Å². The summed E-state index contributed by atoms with van der Waals surface area (Å²) in [7, 11) is 1.63. The average molecular weight is 403 g/mol. The number of anilines is 1. The number of aryl methyl sites for hydroxylation is 1. The van der Waals surface area contributed by atoms with Crippen LogP contribution in [0.4, 0.5) is 10.1 Å². The molecule has 0 radical (unpaired) electrons. The number of hydrogen-bond donors (Lipinski definition) is 2. The SMILES string of the molecule is COc1ccc2[nH]c(C)c(CC(=O)Nc3ccncc3)c2c1Cc1ccc(F)cc1. The summed E-state index contributed by atoms with van der Waals surface area (Å²) in [5.41, 5.74) is 5.44. The molecule has 0 fully saturated rings. The lowest BCUT2D eigenvalue weighted by Crippen LogP contribution is -2.15. The van der Waals surface area contributed by atoms with Gasteiger partial charge in [0.25, 0.3) is 0 Å². The van der Waals surface area contributed by atoms with Gasteiger partial charge in [-0.3, -0.25) is 9.78 Å². The third kappa shape index (κ3) is 4.03. The van der Waals surface area contributed by atoms with E-state index in [0.717, 1.165) is 39.0 Å². The number of pyridine rings is 1. The lowest BCUT2D eigenvalue weighted by molar-refractivity contribution is -0.115.